The standard InChI is InChI=1S/C24H22N8O/c1-16-5-4-6-23(27-16)32-21(17-7-12-22-25-15-26-31(22)14-17)13-20(29-32)24(33)28-18-8-10-19(11-9-18)30(2)3/h4-15H,1-3H3,(H,28,33). The lowest BCUT2D eigenvalue weighted by Crippen LogP contribution is -2.14. The third-order valence-electron chi connectivity index (χ3n) is 5.24. The van der Waals surface area contributed by atoms with Crippen molar-refractivity contribution in [1.82, 2.24) is 29.4 Å². The summed E-state index contributed by atoms with van der Waals surface area (Å²) in [5.74, 6) is 0.320. The lowest BCUT2D eigenvalue weighted by Gasteiger charge is -2.12. The van der Waals surface area contributed by atoms with Crippen LogP contribution in [0.25, 0.3) is 22.7 Å². The van der Waals surface area contributed by atoms with Crippen molar-refractivity contribution in [3.05, 3.63) is 84.6 Å². The van der Waals surface area contributed by atoms with E-state index in [1.54, 1.807) is 15.3 Å². The summed E-state index contributed by atoms with van der Waals surface area (Å²) in [5, 5.41) is 11.7. The van der Waals surface area contributed by atoms with E-state index < -0.39 is 0 Å². The number of hydrogen-bond acceptors (Lipinski definition) is 6. The summed E-state index contributed by atoms with van der Waals surface area (Å²) in [4.78, 5) is 23.8. The lowest BCUT2D eigenvalue weighted by atomic mass is 10.2. The zero-order valence-corrected chi connectivity index (χ0v) is 18.5. The summed E-state index contributed by atoms with van der Waals surface area (Å²) in [7, 11) is 3.94. The Kier molecular flexibility index (Phi) is 5.06. The molecule has 0 radical (unpaired) electrons. The van der Waals surface area contributed by atoms with Gasteiger partial charge in [0.15, 0.2) is 17.2 Å². The summed E-state index contributed by atoms with van der Waals surface area (Å²) in [5.41, 5.74) is 5.17. The van der Waals surface area contributed by atoms with Crippen molar-refractivity contribution in [1.29, 1.82) is 0 Å². The van der Waals surface area contributed by atoms with Crippen LogP contribution in [0, 0.1) is 6.92 Å². The van der Waals surface area contributed by atoms with Crippen LogP contribution in [-0.2, 0) is 0 Å². The van der Waals surface area contributed by atoms with Crippen molar-refractivity contribution in [2.45, 2.75) is 6.92 Å². The van der Waals surface area contributed by atoms with Crippen molar-refractivity contribution in [2.24, 2.45) is 0 Å². The molecule has 0 bridgehead atoms. The number of carbonyl (C=O) groups excluding carboxylic acids is 1. The second-order valence-corrected chi connectivity index (χ2v) is 7.84. The van der Waals surface area contributed by atoms with Gasteiger partial charge in [-0.25, -0.2) is 19.2 Å². The molecule has 0 aliphatic carbocycles. The monoisotopic (exact) mass is 438 g/mol. The van der Waals surface area contributed by atoms with E-state index in [1.807, 2.05) is 86.7 Å². The summed E-state index contributed by atoms with van der Waals surface area (Å²) < 4.78 is 3.36. The number of anilines is 2. The summed E-state index contributed by atoms with van der Waals surface area (Å²) in [6.07, 6.45) is 3.35. The fourth-order valence-electron chi connectivity index (χ4n) is 3.53. The first-order valence-corrected chi connectivity index (χ1v) is 10.4. The molecule has 164 valence electrons. The zero-order chi connectivity index (χ0) is 22.9. The minimum atomic E-state index is -0.304. The van der Waals surface area contributed by atoms with Crippen molar-refractivity contribution in [3.63, 3.8) is 0 Å². The Bertz CT molecular complexity index is 1450. The van der Waals surface area contributed by atoms with Crippen molar-refractivity contribution in [3.8, 4) is 17.1 Å². The lowest BCUT2D eigenvalue weighted by molar-refractivity contribution is 0.102. The van der Waals surface area contributed by atoms with E-state index in [0.29, 0.717) is 11.5 Å². The zero-order valence-electron chi connectivity index (χ0n) is 18.5. The molecule has 5 rings (SSSR count). The number of nitrogens with zero attached hydrogens (tertiary/aromatic N) is 7. The van der Waals surface area contributed by atoms with E-state index >= 15 is 0 Å². The van der Waals surface area contributed by atoms with Crippen molar-refractivity contribution < 1.29 is 4.79 Å². The molecule has 9 heteroatoms. The minimum absolute atomic E-state index is 0.281. The first kappa shape index (κ1) is 20.4. The van der Waals surface area contributed by atoms with E-state index in [9.17, 15) is 4.79 Å². The van der Waals surface area contributed by atoms with Crippen LogP contribution in [0.3, 0.4) is 0 Å². The molecule has 0 fully saturated rings. The molecule has 0 unspecified atom stereocenters. The van der Waals surface area contributed by atoms with Gasteiger partial charge in [-0.05, 0) is 61.5 Å². The topological polar surface area (TPSA) is 93.2 Å². The highest BCUT2D eigenvalue weighted by atomic mass is 16.2. The van der Waals surface area contributed by atoms with Crippen LogP contribution in [0.1, 0.15) is 16.2 Å². The van der Waals surface area contributed by atoms with E-state index in [4.69, 9.17) is 0 Å². The molecule has 0 saturated carbocycles. The van der Waals surface area contributed by atoms with Crippen LogP contribution in [-0.4, -0.2) is 49.4 Å². The molecule has 0 aliphatic heterocycles. The highest BCUT2D eigenvalue weighted by Crippen LogP contribution is 2.25. The molecule has 4 heterocycles. The number of nitrogens with one attached hydrogen (secondary N) is 1. The predicted molar refractivity (Wildman–Crippen MR) is 127 cm³/mol. The smallest absolute Gasteiger partial charge is 0.276 e. The maximum atomic E-state index is 13.1. The Balaban J connectivity index is 1.54. The van der Waals surface area contributed by atoms with Gasteiger partial charge in [-0.2, -0.15) is 10.2 Å². The number of fused-ring (bicyclic) bond motifs is 1. The second-order valence-electron chi connectivity index (χ2n) is 7.84. The number of benzene rings is 1. The van der Waals surface area contributed by atoms with Gasteiger partial charge in [0.25, 0.3) is 5.91 Å². The van der Waals surface area contributed by atoms with E-state index in [-0.39, 0.29) is 11.6 Å². The number of rotatable bonds is 5. The molecule has 1 amide bonds. The van der Waals surface area contributed by atoms with E-state index in [2.05, 4.69) is 25.5 Å². The van der Waals surface area contributed by atoms with E-state index in [1.165, 1.54) is 6.33 Å². The number of pyridine rings is 2. The van der Waals surface area contributed by atoms with Gasteiger partial charge in [-0.3, -0.25) is 4.79 Å². The van der Waals surface area contributed by atoms with Gasteiger partial charge < -0.3 is 10.2 Å². The number of aryl methyl sites for hydroxylation is 1. The van der Waals surface area contributed by atoms with Gasteiger partial charge in [0.05, 0.1) is 5.69 Å². The third kappa shape index (κ3) is 4.03. The highest BCUT2D eigenvalue weighted by molar-refractivity contribution is 6.03. The van der Waals surface area contributed by atoms with Crippen LogP contribution in [0.2, 0.25) is 0 Å². The largest absolute Gasteiger partial charge is 0.378 e. The molecule has 0 atom stereocenters. The average molecular weight is 438 g/mol. The van der Waals surface area contributed by atoms with Crippen LogP contribution in [0.15, 0.2) is 73.2 Å². The highest BCUT2D eigenvalue weighted by Gasteiger charge is 2.18. The number of carbonyl (C=O) groups is 1. The van der Waals surface area contributed by atoms with Crippen molar-refractivity contribution in [2.75, 3.05) is 24.3 Å². The van der Waals surface area contributed by atoms with Crippen LogP contribution >= 0.6 is 0 Å². The van der Waals surface area contributed by atoms with E-state index in [0.717, 1.165) is 28.3 Å². The predicted octanol–water partition coefficient (Wildman–Crippen LogP) is 3.60. The maximum Gasteiger partial charge on any atom is 0.276 e. The molecule has 1 aromatic carbocycles. The number of amides is 1. The first-order chi connectivity index (χ1) is 16.0. The Labute approximate surface area is 190 Å². The van der Waals surface area contributed by atoms with Gasteiger partial charge in [0.2, 0.25) is 0 Å². The third-order valence-corrected chi connectivity index (χ3v) is 5.24. The normalized spacial score (nSPS) is 11.0. The summed E-state index contributed by atoms with van der Waals surface area (Å²) in [6, 6.07) is 18.9. The molecule has 33 heavy (non-hydrogen) atoms. The Hall–Kier alpha value is -4.53. The molecule has 1 N–H and O–H groups in total. The Morgan fingerprint density at radius 2 is 1.85 bits per heavy atom. The molecule has 0 spiro atoms. The van der Waals surface area contributed by atoms with Gasteiger partial charge in [0.1, 0.15) is 6.33 Å². The Morgan fingerprint density at radius 3 is 2.61 bits per heavy atom. The van der Waals surface area contributed by atoms with Gasteiger partial charge in [-0.1, -0.05) is 6.07 Å². The Morgan fingerprint density at radius 1 is 1.03 bits per heavy atom. The van der Waals surface area contributed by atoms with Crippen LogP contribution in [0.4, 0.5) is 11.4 Å². The maximum absolute atomic E-state index is 13.1. The van der Waals surface area contributed by atoms with Crippen LogP contribution in [0.5, 0.6) is 0 Å². The molecule has 9 nitrogen and oxygen atoms in total. The number of aromatic nitrogens is 6. The van der Waals surface area contributed by atoms with Crippen molar-refractivity contribution >= 4 is 22.9 Å². The van der Waals surface area contributed by atoms with Gasteiger partial charge >= 0.3 is 0 Å². The molecule has 0 saturated heterocycles. The minimum Gasteiger partial charge on any atom is -0.378 e. The van der Waals surface area contributed by atoms with Gasteiger partial charge in [-0.15, -0.1) is 0 Å². The number of hydrogen-bond donors (Lipinski definition) is 1. The molecular formula is C24H22N8O. The SMILES string of the molecule is Cc1cccc(-n2nc(C(=O)Nc3ccc(N(C)C)cc3)cc2-c2ccc3ncnn3c2)n1. The van der Waals surface area contributed by atoms with Gasteiger partial charge in [0, 0.05) is 42.9 Å². The fraction of sp³-hybridized carbons (Fsp3) is 0.125. The second kappa shape index (κ2) is 8.19. The average Bonchev–Trinajstić information content (AvgIpc) is 3.46. The summed E-state index contributed by atoms with van der Waals surface area (Å²) >= 11 is 0. The quantitative estimate of drug-likeness (QED) is 0.451. The first-order valence-electron chi connectivity index (χ1n) is 10.4. The van der Waals surface area contributed by atoms with Crippen LogP contribution < -0.4 is 10.2 Å². The fourth-order valence-corrected chi connectivity index (χ4v) is 3.53. The summed E-state index contributed by atoms with van der Waals surface area (Å²) in [6.45, 7) is 1.92. The molecule has 4 aromatic heterocycles. The molecule has 5 aromatic rings. The molecule has 0 aliphatic rings. The molecular weight excluding hydrogens is 416 g/mol.